The first-order valence-corrected chi connectivity index (χ1v) is 14.6. The first-order valence-electron chi connectivity index (χ1n) is 14.2. The Hall–Kier alpha value is -4.74. The Labute approximate surface area is 258 Å². The first-order chi connectivity index (χ1) is 21.2. The quantitative estimate of drug-likeness (QED) is 0.271. The molecule has 12 heteroatoms. The second-order valence-electron chi connectivity index (χ2n) is 10.8. The van der Waals surface area contributed by atoms with Crippen molar-refractivity contribution in [2.24, 2.45) is 7.05 Å². The van der Waals surface area contributed by atoms with Gasteiger partial charge in [-0.2, -0.15) is 5.10 Å². The lowest BCUT2D eigenvalue weighted by atomic mass is 9.94. The summed E-state index contributed by atoms with van der Waals surface area (Å²) in [7, 11) is 3.07. The predicted molar refractivity (Wildman–Crippen MR) is 166 cm³/mol. The molecule has 2 aliphatic rings. The van der Waals surface area contributed by atoms with Crippen molar-refractivity contribution in [3.05, 3.63) is 86.8 Å². The van der Waals surface area contributed by atoms with Crippen molar-refractivity contribution < 1.29 is 19.1 Å². The standard InChI is InChI=1S/C32H31ClN6O5/c1-17-19(21-8-5-9-23(29(21)33)37-30(41)22-12-13-35-39(2)32(22)42)6-4-7-20(17)24-14-26-28(31(38-24)43-3)25(16-44-26)34-15-18-10-11-27(40)36-18/h4-9,12-14,18,25,34H,10-11,15-16H2,1-3H3,(H,36,40)(H,37,41)/t18-,25-/m0/s1. The summed E-state index contributed by atoms with van der Waals surface area (Å²) in [6, 6.07) is 14.5. The summed E-state index contributed by atoms with van der Waals surface area (Å²) in [5.74, 6) is 0.663. The van der Waals surface area contributed by atoms with Crippen LogP contribution in [0.1, 0.15) is 40.4 Å². The molecule has 2 aromatic heterocycles. The summed E-state index contributed by atoms with van der Waals surface area (Å²) < 4.78 is 12.9. The van der Waals surface area contributed by atoms with Crippen LogP contribution < -0.4 is 31.0 Å². The maximum atomic E-state index is 12.9. The molecule has 0 unspecified atom stereocenters. The number of amides is 2. The molecule has 2 amide bonds. The summed E-state index contributed by atoms with van der Waals surface area (Å²) in [5, 5.41) is 13.4. The number of halogens is 1. The number of fused-ring (bicyclic) bond motifs is 1. The van der Waals surface area contributed by atoms with Crippen molar-refractivity contribution in [3.8, 4) is 34.0 Å². The van der Waals surface area contributed by atoms with E-state index in [9.17, 15) is 14.4 Å². The molecule has 0 bridgehead atoms. The lowest BCUT2D eigenvalue weighted by molar-refractivity contribution is -0.119. The monoisotopic (exact) mass is 614 g/mol. The number of hydrogen-bond acceptors (Lipinski definition) is 8. The number of aromatic nitrogens is 3. The molecule has 11 nitrogen and oxygen atoms in total. The van der Waals surface area contributed by atoms with Gasteiger partial charge in [-0.1, -0.05) is 41.9 Å². The summed E-state index contributed by atoms with van der Waals surface area (Å²) >= 11 is 6.85. The Kier molecular flexibility index (Phi) is 8.07. The van der Waals surface area contributed by atoms with Gasteiger partial charge in [-0.3, -0.25) is 14.4 Å². The number of pyridine rings is 1. The highest BCUT2D eigenvalue weighted by Gasteiger charge is 2.32. The van der Waals surface area contributed by atoms with E-state index in [1.54, 1.807) is 19.2 Å². The van der Waals surface area contributed by atoms with Gasteiger partial charge < -0.3 is 25.4 Å². The fourth-order valence-corrected chi connectivity index (χ4v) is 5.96. The molecule has 1 saturated heterocycles. The summed E-state index contributed by atoms with van der Waals surface area (Å²) in [6.45, 7) is 3.04. The first kappa shape index (κ1) is 29.3. The average molecular weight is 615 g/mol. The van der Waals surface area contributed by atoms with Crippen molar-refractivity contribution in [3.63, 3.8) is 0 Å². The largest absolute Gasteiger partial charge is 0.491 e. The molecule has 4 heterocycles. The SMILES string of the molecule is COc1nc(-c2cccc(-c3cccc(NC(=O)c4ccnn(C)c4=O)c3Cl)c2C)cc2c1[C@@H](NC[C@@H]1CCC(=O)N1)CO2. The molecule has 0 radical (unpaired) electrons. The van der Waals surface area contributed by atoms with E-state index < -0.39 is 11.5 Å². The van der Waals surface area contributed by atoms with Crippen LogP contribution in [0, 0.1) is 6.92 Å². The number of anilines is 1. The van der Waals surface area contributed by atoms with Crippen LogP contribution in [0.3, 0.4) is 0 Å². The molecule has 2 aromatic carbocycles. The molecular weight excluding hydrogens is 584 g/mol. The normalized spacial score (nSPS) is 17.1. The van der Waals surface area contributed by atoms with Crippen molar-refractivity contribution in [1.29, 1.82) is 0 Å². The molecule has 3 N–H and O–H groups in total. The maximum absolute atomic E-state index is 12.9. The maximum Gasteiger partial charge on any atom is 0.279 e. The van der Waals surface area contributed by atoms with E-state index in [0.29, 0.717) is 53.2 Å². The predicted octanol–water partition coefficient (Wildman–Crippen LogP) is 4.03. The Balaban J connectivity index is 1.29. The number of methoxy groups -OCH3 is 1. The van der Waals surface area contributed by atoms with Crippen LogP contribution in [0.25, 0.3) is 22.4 Å². The minimum Gasteiger partial charge on any atom is -0.491 e. The topological polar surface area (TPSA) is 136 Å². The van der Waals surface area contributed by atoms with Gasteiger partial charge in [0.15, 0.2) is 0 Å². The van der Waals surface area contributed by atoms with Crippen LogP contribution in [0.4, 0.5) is 5.69 Å². The Morgan fingerprint density at radius 1 is 1.16 bits per heavy atom. The van der Waals surface area contributed by atoms with Crippen LogP contribution in [0.2, 0.25) is 5.02 Å². The van der Waals surface area contributed by atoms with E-state index in [1.807, 2.05) is 37.3 Å². The zero-order valence-corrected chi connectivity index (χ0v) is 25.2. The molecule has 4 aromatic rings. The number of nitrogens with one attached hydrogen (secondary N) is 3. The molecule has 2 atom stereocenters. The minimum absolute atomic E-state index is 0.0382. The lowest BCUT2D eigenvalue weighted by Gasteiger charge is -2.18. The summed E-state index contributed by atoms with van der Waals surface area (Å²) in [6.07, 6.45) is 2.75. The van der Waals surface area contributed by atoms with Crippen molar-refractivity contribution in [1.82, 2.24) is 25.4 Å². The van der Waals surface area contributed by atoms with E-state index in [4.69, 9.17) is 26.1 Å². The van der Waals surface area contributed by atoms with E-state index >= 15 is 0 Å². The number of aryl methyl sites for hydroxylation is 1. The average Bonchev–Trinajstić information content (AvgIpc) is 3.63. The van der Waals surface area contributed by atoms with Crippen molar-refractivity contribution in [2.75, 3.05) is 25.6 Å². The van der Waals surface area contributed by atoms with Gasteiger partial charge in [0, 0.05) is 49.4 Å². The van der Waals surface area contributed by atoms with Gasteiger partial charge in [0.2, 0.25) is 11.8 Å². The number of ether oxygens (including phenoxy) is 2. The number of benzene rings is 2. The smallest absolute Gasteiger partial charge is 0.279 e. The highest BCUT2D eigenvalue weighted by atomic mass is 35.5. The van der Waals surface area contributed by atoms with Crippen molar-refractivity contribution >= 4 is 29.1 Å². The van der Waals surface area contributed by atoms with Gasteiger partial charge in [-0.15, -0.1) is 0 Å². The highest BCUT2D eigenvalue weighted by molar-refractivity contribution is 6.36. The third kappa shape index (κ3) is 5.51. The zero-order chi connectivity index (χ0) is 31.0. The Bertz CT molecular complexity index is 1840. The molecule has 6 rings (SSSR count). The Morgan fingerprint density at radius 2 is 1.93 bits per heavy atom. The fraction of sp³-hybridized carbons (Fsp3) is 0.281. The van der Waals surface area contributed by atoms with Gasteiger partial charge in [-0.05, 0) is 36.6 Å². The van der Waals surface area contributed by atoms with E-state index in [1.165, 1.54) is 19.3 Å². The van der Waals surface area contributed by atoms with E-state index in [-0.39, 0.29) is 23.6 Å². The molecule has 2 aliphatic heterocycles. The molecule has 44 heavy (non-hydrogen) atoms. The van der Waals surface area contributed by atoms with Crippen LogP contribution in [0.5, 0.6) is 11.6 Å². The minimum atomic E-state index is -0.576. The summed E-state index contributed by atoms with van der Waals surface area (Å²) in [4.78, 5) is 41.8. The van der Waals surface area contributed by atoms with Crippen molar-refractivity contribution in [2.45, 2.75) is 31.8 Å². The summed E-state index contributed by atoms with van der Waals surface area (Å²) in [5.41, 5.74) is 4.70. The number of carbonyl (C=O) groups is 2. The Morgan fingerprint density at radius 3 is 2.70 bits per heavy atom. The van der Waals surface area contributed by atoms with E-state index in [2.05, 4.69) is 21.0 Å². The number of rotatable bonds is 8. The molecule has 226 valence electrons. The number of nitrogens with zero attached hydrogens (tertiary/aromatic N) is 3. The molecular formula is C32H31ClN6O5. The number of carbonyl (C=O) groups excluding carboxylic acids is 2. The molecule has 0 saturated carbocycles. The third-order valence-corrected chi connectivity index (χ3v) is 8.43. The van der Waals surface area contributed by atoms with Gasteiger partial charge in [0.05, 0.1) is 35.1 Å². The van der Waals surface area contributed by atoms with Gasteiger partial charge in [0.1, 0.15) is 17.9 Å². The van der Waals surface area contributed by atoms with Crippen LogP contribution in [0.15, 0.2) is 59.5 Å². The molecule has 0 aliphatic carbocycles. The van der Waals surface area contributed by atoms with Crippen LogP contribution >= 0.6 is 11.6 Å². The van der Waals surface area contributed by atoms with Gasteiger partial charge in [0.25, 0.3) is 11.5 Å². The molecule has 1 fully saturated rings. The third-order valence-electron chi connectivity index (χ3n) is 8.03. The number of hydrogen-bond donors (Lipinski definition) is 3. The second kappa shape index (κ2) is 12.1. The van der Waals surface area contributed by atoms with Crippen LogP contribution in [-0.4, -0.2) is 52.9 Å². The highest BCUT2D eigenvalue weighted by Crippen LogP contribution is 2.43. The fourth-order valence-electron chi connectivity index (χ4n) is 5.69. The van der Waals surface area contributed by atoms with Gasteiger partial charge >= 0.3 is 0 Å². The lowest BCUT2D eigenvalue weighted by Crippen LogP contribution is -2.37. The second-order valence-corrected chi connectivity index (χ2v) is 11.2. The zero-order valence-electron chi connectivity index (χ0n) is 24.4. The van der Waals surface area contributed by atoms with Gasteiger partial charge in [-0.25, -0.2) is 9.67 Å². The van der Waals surface area contributed by atoms with E-state index in [0.717, 1.165) is 33.4 Å². The van der Waals surface area contributed by atoms with Crippen LogP contribution in [-0.2, 0) is 11.8 Å². The molecule has 0 spiro atoms.